The molecule has 32 heavy (non-hydrogen) atoms. The predicted octanol–water partition coefficient (Wildman–Crippen LogP) is 4.04. The van der Waals surface area contributed by atoms with Gasteiger partial charge in [-0.3, -0.25) is 4.79 Å². The van der Waals surface area contributed by atoms with Gasteiger partial charge >= 0.3 is 0 Å². The fourth-order valence-electron chi connectivity index (χ4n) is 5.18. The van der Waals surface area contributed by atoms with Crippen LogP contribution in [0.4, 0.5) is 0 Å². The summed E-state index contributed by atoms with van der Waals surface area (Å²) in [5, 5.41) is 12.4. The summed E-state index contributed by atoms with van der Waals surface area (Å²) < 4.78 is 12.0. The monoisotopic (exact) mass is 441 g/mol. The van der Waals surface area contributed by atoms with E-state index in [0.29, 0.717) is 37.1 Å². The maximum atomic E-state index is 13.0. The molecule has 174 valence electrons. The number of nitrogens with zero attached hydrogens (tertiary/aromatic N) is 1. The average Bonchev–Trinajstić information content (AvgIpc) is 3.25. The summed E-state index contributed by atoms with van der Waals surface area (Å²) >= 11 is 0. The minimum Gasteiger partial charge on any atom is -0.459 e. The van der Waals surface area contributed by atoms with Gasteiger partial charge in [0.25, 0.3) is 5.91 Å². The minimum absolute atomic E-state index is 0.150. The van der Waals surface area contributed by atoms with Crippen molar-refractivity contribution < 1.29 is 19.4 Å². The average molecular weight is 442 g/mol. The van der Waals surface area contributed by atoms with Crippen molar-refractivity contribution in [3.63, 3.8) is 0 Å². The Balaban J connectivity index is 1.50. The molecule has 7 heteroatoms. The van der Waals surface area contributed by atoms with E-state index in [9.17, 15) is 9.90 Å². The number of fused-ring (bicyclic) bond motifs is 1. The van der Waals surface area contributed by atoms with Crippen molar-refractivity contribution in [1.29, 1.82) is 0 Å². The van der Waals surface area contributed by atoms with Crippen molar-refractivity contribution in [2.45, 2.75) is 64.7 Å². The number of carbonyl (C=O) groups is 1. The zero-order valence-electron chi connectivity index (χ0n) is 18.9. The van der Waals surface area contributed by atoms with Gasteiger partial charge in [0.15, 0.2) is 5.76 Å². The number of aromatic nitrogens is 2. The topological polar surface area (TPSA) is 96.5 Å². The van der Waals surface area contributed by atoms with E-state index in [1.54, 1.807) is 0 Å². The van der Waals surface area contributed by atoms with Crippen molar-refractivity contribution in [2.24, 2.45) is 17.8 Å². The predicted molar refractivity (Wildman–Crippen MR) is 122 cm³/mol. The number of nitrogens with one attached hydrogen (secondary N) is 2. The number of aliphatic hydroxyl groups is 1. The number of benzene rings is 1. The molecule has 0 spiro atoms. The number of ether oxygens (including phenoxy) is 2. The first-order valence-electron chi connectivity index (χ1n) is 12.0. The molecule has 2 heterocycles. The molecule has 1 aromatic heterocycles. The van der Waals surface area contributed by atoms with Gasteiger partial charge in [-0.25, -0.2) is 4.98 Å². The number of aromatic amines is 1. The molecule has 1 saturated carbocycles. The number of hydrogen-bond acceptors (Lipinski definition) is 5. The highest BCUT2D eigenvalue weighted by Crippen LogP contribution is 2.42. The zero-order chi connectivity index (χ0) is 22.3. The summed E-state index contributed by atoms with van der Waals surface area (Å²) in [6, 6.07) is 7.81. The second-order valence-electron chi connectivity index (χ2n) is 8.86. The van der Waals surface area contributed by atoms with Gasteiger partial charge in [-0.15, -0.1) is 0 Å². The second-order valence-corrected chi connectivity index (χ2v) is 8.86. The molecule has 4 rings (SSSR count). The molecule has 1 aliphatic heterocycles. The van der Waals surface area contributed by atoms with Gasteiger partial charge in [0, 0.05) is 19.1 Å². The summed E-state index contributed by atoms with van der Waals surface area (Å²) in [5.41, 5.74) is 1.83. The van der Waals surface area contributed by atoms with Crippen molar-refractivity contribution in [3.05, 3.63) is 41.9 Å². The van der Waals surface area contributed by atoms with Crippen LogP contribution < -0.4 is 5.32 Å². The van der Waals surface area contributed by atoms with E-state index in [1.807, 2.05) is 37.3 Å². The molecule has 1 fully saturated rings. The van der Waals surface area contributed by atoms with E-state index in [2.05, 4.69) is 15.3 Å². The normalized spacial score (nSPS) is 24.2. The summed E-state index contributed by atoms with van der Waals surface area (Å²) in [5.74, 6) is 1.71. The van der Waals surface area contributed by atoms with Crippen LogP contribution in [0.1, 0.15) is 57.7 Å². The quantitative estimate of drug-likeness (QED) is 0.546. The molecule has 0 saturated heterocycles. The molecule has 7 nitrogen and oxygen atoms in total. The van der Waals surface area contributed by atoms with E-state index < -0.39 is 6.29 Å². The lowest BCUT2D eigenvalue weighted by atomic mass is 9.71. The van der Waals surface area contributed by atoms with Gasteiger partial charge in [-0.1, -0.05) is 31.4 Å². The number of carbonyl (C=O) groups excluding carboxylic acids is 1. The molecule has 1 aromatic carbocycles. The summed E-state index contributed by atoms with van der Waals surface area (Å²) in [6.45, 7) is 2.92. The maximum Gasteiger partial charge on any atom is 0.286 e. The highest BCUT2D eigenvalue weighted by Gasteiger charge is 2.40. The van der Waals surface area contributed by atoms with Crippen LogP contribution in [0.2, 0.25) is 0 Å². The number of hydrogen-bond donors (Lipinski definition) is 3. The SMILES string of the molecule is CCO[C@@H]1OC(C(=O)NCc2nc3ccccc3[nH]2)=C[C@H](C2CCCCC2)[C@@H]1CCCO. The third-order valence-corrected chi connectivity index (χ3v) is 6.73. The van der Waals surface area contributed by atoms with Gasteiger partial charge in [-0.05, 0) is 62.7 Å². The molecule has 1 aliphatic carbocycles. The van der Waals surface area contributed by atoms with Crippen LogP contribution in [-0.2, 0) is 20.8 Å². The van der Waals surface area contributed by atoms with Gasteiger partial charge in [0.05, 0.1) is 17.6 Å². The molecule has 0 bridgehead atoms. The third-order valence-electron chi connectivity index (χ3n) is 6.73. The lowest BCUT2D eigenvalue weighted by molar-refractivity contribution is -0.177. The van der Waals surface area contributed by atoms with E-state index in [1.165, 1.54) is 32.1 Å². The van der Waals surface area contributed by atoms with Crippen molar-refractivity contribution in [1.82, 2.24) is 15.3 Å². The number of rotatable bonds is 9. The first-order chi connectivity index (χ1) is 15.7. The molecular formula is C25H35N3O4. The van der Waals surface area contributed by atoms with E-state index in [4.69, 9.17) is 9.47 Å². The summed E-state index contributed by atoms with van der Waals surface area (Å²) in [7, 11) is 0. The van der Waals surface area contributed by atoms with Crippen molar-refractivity contribution in [3.8, 4) is 0 Å². The number of aliphatic hydroxyl groups excluding tert-OH is 1. The fourth-order valence-corrected chi connectivity index (χ4v) is 5.18. The molecule has 0 unspecified atom stereocenters. The standard InChI is InChI=1S/C25H35N3O4/c1-2-31-25-18(11-8-14-29)19(17-9-4-3-5-10-17)15-22(32-25)24(30)26-16-23-27-20-12-6-7-13-21(20)28-23/h6-7,12-13,15,17-19,25,29H,2-5,8-11,14,16H2,1H3,(H,26,30)(H,27,28)/t18-,19+,25+/m0/s1. The maximum absolute atomic E-state index is 13.0. The van der Waals surface area contributed by atoms with Crippen LogP contribution in [0.15, 0.2) is 36.1 Å². The smallest absolute Gasteiger partial charge is 0.286 e. The summed E-state index contributed by atoms with van der Waals surface area (Å²) in [6.07, 6.45) is 9.19. The Hall–Kier alpha value is -2.38. The summed E-state index contributed by atoms with van der Waals surface area (Å²) in [4.78, 5) is 20.8. The molecule has 1 amide bonds. The minimum atomic E-state index is -0.463. The van der Waals surface area contributed by atoms with Gasteiger partial charge in [0.1, 0.15) is 5.82 Å². The molecular weight excluding hydrogens is 406 g/mol. The van der Waals surface area contributed by atoms with E-state index >= 15 is 0 Å². The van der Waals surface area contributed by atoms with Crippen molar-refractivity contribution >= 4 is 16.9 Å². The van der Waals surface area contributed by atoms with Crippen LogP contribution in [0, 0.1) is 17.8 Å². The molecule has 2 aliphatic rings. The third kappa shape index (κ3) is 5.33. The van der Waals surface area contributed by atoms with E-state index in [0.717, 1.165) is 17.5 Å². The van der Waals surface area contributed by atoms with Gasteiger partial charge in [-0.2, -0.15) is 0 Å². The Kier molecular flexibility index (Phi) is 7.81. The number of amides is 1. The Morgan fingerprint density at radius 3 is 2.84 bits per heavy atom. The zero-order valence-corrected chi connectivity index (χ0v) is 18.9. The Labute approximate surface area is 189 Å². The lowest BCUT2D eigenvalue weighted by Gasteiger charge is -2.41. The first-order valence-corrected chi connectivity index (χ1v) is 12.0. The lowest BCUT2D eigenvalue weighted by Crippen LogP contribution is -2.42. The largest absolute Gasteiger partial charge is 0.459 e. The Bertz CT molecular complexity index is 886. The highest BCUT2D eigenvalue weighted by molar-refractivity contribution is 5.91. The van der Waals surface area contributed by atoms with E-state index in [-0.39, 0.29) is 24.3 Å². The molecule has 2 aromatic rings. The Morgan fingerprint density at radius 2 is 2.09 bits per heavy atom. The van der Waals surface area contributed by atoms with Gasteiger partial charge < -0.3 is 24.9 Å². The van der Waals surface area contributed by atoms with Crippen LogP contribution in [0.3, 0.4) is 0 Å². The van der Waals surface area contributed by atoms with Crippen LogP contribution >= 0.6 is 0 Å². The number of allylic oxidation sites excluding steroid dienone is 1. The van der Waals surface area contributed by atoms with Crippen LogP contribution in [0.5, 0.6) is 0 Å². The number of imidazole rings is 1. The number of para-hydroxylation sites is 2. The molecule has 3 atom stereocenters. The highest BCUT2D eigenvalue weighted by atomic mass is 16.7. The first kappa shape index (κ1) is 22.8. The van der Waals surface area contributed by atoms with Crippen LogP contribution in [0.25, 0.3) is 11.0 Å². The fraction of sp³-hybridized carbons (Fsp3) is 0.600. The Morgan fingerprint density at radius 1 is 1.28 bits per heavy atom. The molecule has 0 radical (unpaired) electrons. The van der Waals surface area contributed by atoms with Crippen molar-refractivity contribution in [2.75, 3.05) is 13.2 Å². The number of H-pyrrole nitrogens is 1. The second kappa shape index (κ2) is 11.0. The van der Waals surface area contributed by atoms with Gasteiger partial charge in [0.2, 0.25) is 6.29 Å². The molecule has 3 N–H and O–H groups in total. The van der Waals surface area contributed by atoms with Crippen LogP contribution in [-0.4, -0.2) is 40.5 Å².